The van der Waals surface area contributed by atoms with E-state index in [1.54, 1.807) is 0 Å². The van der Waals surface area contributed by atoms with Gasteiger partial charge in [-0.15, -0.1) is 0 Å². The van der Waals surface area contributed by atoms with Gasteiger partial charge in [-0.05, 0) is 49.1 Å². The van der Waals surface area contributed by atoms with Crippen molar-refractivity contribution in [2.24, 2.45) is 0 Å². The summed E-state index contributed by atoms with van der Waals surface area (Å²) in [5.41, 5.74) is 9.24. The summed E-state index contributed by atoms with van der Waals surface area (Å²) in [4.78, 5) is 2.42. The predicted octanol–water partition coefficient (Wildman–Crippen LogP) is 4.29. The number of nitrogens with zero attached hydrogens (tertiary/aromatic N) is 1. The standard InChI is InChI=1S/C18H24N2/c1-3-20(18-7-5-4-6-8-18)14-13-15(2)16-9-11-17(19)12-10-16/h4-12,15H,3,13-14,19H2,1-2H3. The van der Waals surface area contributed by atoms with Crippen molar-refractivity contribution >= 4 is 11.4 Å². The quantitative estimate of drug-likeness (QED) is 0.792. The minimum absolute atomic E-state index is 0.549. The van der Waals surface area contributed by atoms with E-state index in [1.165, 1.54) is 11.3 Å². The molecule has 0 aromatic heterocycles. The van der Waals surface area contributed by atoms with Gasteiger partial charge in [0, 0.05) is 24.5 Å². The molecule has 2 rings (SSSR count). The number of hydrogen-bond acceptors (Lipinski definition) is 2. The van der Waals surface area contributed by atoms with Crippen LogP contribution in [-0.4, -0.2) is 13.1 Å². The molecule has 2 nitrogen and oxygen atoms in total. The number of hydrogen-bond donors (Lipinski definition) is 1. The van der Waals surface area contributed by atoms with Crippen LogP contribution in [0.5, 0.6) is 0 Å². The van der Waals surface area contributed by atoms with Gasteiger partial charge < -0.3 is 10.6 Å². The summed E-state index contributed by atoms with van der Waals surface area (Å²) >= 11 is 0. The minimum atomic E-state index is 0.549. The Bertz CT molecular complexity index is 505. The van der Waals surface area contributed by atoms with Crippen LogP contribution in [0.2, 0.25) is 0 Å². The minimum Gasteiger partial charge on any atom is -0.399 e. The van der Waals surface area contributed by atoms with Crippen molar-refractivity contribution in [3.8, 4) is 0 Å². The molecule has 0 bridgehead atoms. The summed E-state index contributed by atoms with van der Waals surface area (Å²) < 4.78 is 0. The first-order valence-electron chi connectivity index (χ1n) is 7.36. The van der Waals surface area contributed by atoms with Crippen LogP contribution in [0.3, 0.4) is 0 Å². The van der Waals surface area contributed by atoms with E-state index in [0.717, 1.165) is 25.2 Å². The van der Waals surface area contributed by atoms with Gasteiger partial charge in [-0.3, -0.25) is 0 Å². The number of rotatable bonds is 6. The second-order valence-electron chi connectivity index (χ2n) is 5.27. The maximum absolute atomic E-state index is 5.74. The lowest BCUT2D eigenvalue weighted by molar-refractivity contribution is 0.654. The van der Waals surface area contributed by atoms with Gasteiger partial charge in [0.05, 0.1) is 0 Å². The lowest BCUT2D eigenvalue weighted by Gasteiger charge is -2.25. The first-order chi connectivity index (χ1) is 9.70. The van der Waals surface area contributed by atoms with Crippen LogP contribution in [0.1, 0.15) is 31.7 Å². The Kier molecular flexibility index (Phi) is 5.05. The smallest absolute Gasteiger partial charge is 0.0366 e. The Morgan fingerprint density at radius 1 is 1.00 bits per heavy atom. The molecule has 0 saturated heterocycles. The average Bonchev–Trinajstić information content (AvgIpc) is 2.49. The van der Waals surface area contributed by atoms with Crippen molar-refractivity contribution < 1.29 is 0 Å². The van der Waals surface area contributed by atoms with Crippen molar-refractivity contribution in [1.29, 1.82) is 0 Å². The van der Waals surface area contributed by atoms with Crippen molar-refractivity contribution in [1.82, 2.24) is 0 Å². The van der Waals surface area contributed by atoms with Crippen LogP contribution >= 0.6 is 0 Å². The van der Waals surface area contributed by atoms with Crippen LogP contribution in [0.25, 0.3) is 0 Å². The number of para-hydroxylation sites is 1. The monoisotopic (exact) mass is 268 g/mol. The molecule has 2 heteroatoms. The zero-order valence-corrected chi connectivity index (χ0v) is 12.4. The van der Waals surface area contributed by atoms with E-state index in [-0.39, 0.29) is 0 Å². The normalized spacial score (nSPS) is 12.1. The van der Waals surface area contributed by atoms with Gasteiger partial charge in [0.25, 0.3) is 0 Å². The van der Waals surface area contributed by atoms with Gasteiger partial charge in [-0.25, -0.2) is 0 Å². The molecule has 1 atom stereocenters. The van der Waals surface area contributed by atoms with E-state index in [9.17, 15) is 0 Å². The van der Waals surface area contributed by atoms with E-state index in [1.807, 2.05) is 12.1 Å². The van der Waals surface area contributed by atoms with E-state index in [4.69, 9.17) is 5.73 Å². The molecule has 0 radical (unpaired) electrons. The highest BCUT2D eigenvalue weighted by atomic mass is 15.1. The average molecular weight is 268 g/mol. The lowest BCUT2D eigenvalue weighted by atomic mass is 9.97. The highest BCUT2D eigenvalue weighted by molar-refractivity contribution is 5.46. The first kappa shape index (κ1) is 14.4. The molecule has 2 N–H and O–H groups in total. The van der Waals surface area contributed by atoms with Gasteiger partial charge in [0.15, 0.2) is 0 Å². The molecule has 0 aliphatic rings. The Morgan fingerprint density at radius 3 is 2.25 bits per heavy atom. The summed E-state index contributed by atoms with van der Waals surface area (Å²) in [5, 5.41) is 0. The molecule has 0 heterocycles. The largest absolute Gasteiger partial charge is 0.399 e. The zero-order valence-electron chi connectivity index (χ0n) is 12.4. The third kappa shape index (κ3) is 3.77. The first-order valence-corrected chi connectivity index (χ1v) is 7.36. The molecule has 2 aromatic rings. The summed E-state index contributed by atoms with van der Waals surface area (Å²) in [6.45, 7) is 6.61. The summed E-state index contributed by atoms with van der Waals surface area (Å²) in [6.07, 6.45) is 1.15. The number of anilines is 2. The van der Waals surface area contributed by atoms with Crippen LogP contribution in [0.4, 0.5) is 11.4 Å². The van der Waals surface area contributed by atoms with Gasteiger partial charge in [0.1, 0.15) is 0 Å². The van der Waals surface area contributed by atoms with Crippen molar-refractivity contribution in [2.45, 2.75) is 26.2 Å². The molecule has 0 aliphatic carbocycles. The molecule has 2 aromatic carbocycles. The van der Waals surface area contributed by atoms with Gasteiger partial charge in [0.2, 0.25) is 0 Å². The van der Waals surface area contributed by atoms with Gasteiger partial charge in [-0.2, -0.15) is 0 Å². The van der Waals surface area contributed by atoms with E-state index < -0.39 is 0 Å². The van der Waals surface area contributed by atoms with E-state index >= 15 is 0 Å². The second-order valence-corrected chi connectivity index (χ2v) is 5.27. The van der Waals surface area contributed by atoms with Crippen molar-refractivity contribution in [2.75, 3.05) is 23.7 Å². The third-order valence-corrected chi connectivity index (χ3v) is 3.84. The highest BCUT2D eigenvalue weighted by Crippen LogP contribution is 2.22. The fourth-order valence-electron chi connectivity index (χ4n) is 2.45. The zero-order chi connectivity index (χ0) is 14.4. The Labute approximate surface area is 122 Å². The number of nitrogens with two attached hydrogens (primary N) is 1. The molecule has 0 aliphatic heterocycles. The summed E-state index contributed by atoms with van der Waals surface area (Å²) in [7, 11) is 0. The SMILES string of the molecule is CCN(CCC(C)c1ccc(N)cc1)c1ccccc1. The number of nitrogen functional groups attached to an aromatic ring is 1. The topological polar surface area (TPSA) is 29.3 Å². The summed E-state index contributed by atoms with van der Waals surface area (Å²) in [6, 6.07) is 18.9. The van der Waals surface area contributed by atoms with Gasteiger partial charge >= 0.3 is 0 Å². The molecule has 20 heavy (non-hydrogen) atoms. The molecular formula is C18H24N2. The van der Waals surface area contributed by atoms with Crippen LogP contribution in [-0.2, 0) is 0 Å². The van der Waals surface area contributed by atoms with Crippen LogP contribution in [0.15, 0.2) is 54.6 Å². The third-order valence-electron chi connectivity index (χ3n) is 3.84. The highest BCUT2D eigenvalue weighted by Gasteiger charge is 2.09. The van der Waals surface area contributed by atoms with Gasteiger partial charge in [-0.1, -0.05) is 37.3 Å². The number of benzene rings is 2. The predicted molar refractivity (Wildman–Crippen MR) is 88.2 cm³/mol. The summed E-state index contributed by atoms with van der Waals surface area (Å²) in [5.74, 6) is 0.549. The Morgan fingerprint density at radius 2 is 1.65 bits per heavy atom. The van der Waals surface area contributed by atoms with E-state index in [2.05, 4.69) is 61.2 Å². The maximum atomic E-state index is 5.74. The Balaban J connectivity index is 1.94. The Hall–Kier alpha value is -1.96. The molecular weight excluding hydrogens is 244 g/mol. The molecule has 106 valence electrons. The van der Waals surface area contributed by atoms with Crippen molar-refractivity contribution in [3.05, 3.63) is 60.2 Å². The van der Waals surface area contributed by atoms with Crippen LogP contribution < -0.4 is 10.6 Å². The molecule has 0 fully saturated rings. The fourth-order valence-corrected chi connectivity index (χ4v) is 2.45. The molecule has 0 spiro atoms. The van der Waals surface area contributed by atoms with E-state index in [0.29, 0.717) is 5.92 Å². The lowest BCUT2D eigenvalue weighted by Crippen LogP contribution is -2.24. The maximum Gasteiger partial charge on any atom is 0.0366 e. The molecule has 1 unspecified atom stereocenters. The van der Waals surface area contributed by atoms with Crippen molar-refractivity contribution in [3.63, 3.8) is 0 Å². The van der Waals surface area contributed by atoms with Crippen LogP contribution in [0, 0.1) is 0 Å². The fraction of sp³-hybridized carbons (Fsp3) is 0.333. The molecule has 0 amide bonds. The second kappa shape index (κ2) is 6.99. The molecule has 0 saturated carbocycles.